The highest BCUT2D eigenvalue weighted by Gasteiger charge is 2.36. The Balaban J connectivity index is 2.44. The smallest absolute Gasteiger partial charge is 0.305 e. The molecular weight excluding hydrogens is 811 g/mol. The van der Waals surface area contributed by atoms with Crippen molar-refractivity contribution in [1.82, 2.24) is 41.5 Å². The highest BCUT2D eigenvalue weighted by molar-refractivity contribution is 5.97. The van der Waals surface area contributed by atoms with Gasteiger partial charge in [-0.15, -0.1) is 0 Å². The zero-order valence-electron chi connectivity index (χ0n) is 35.6. The number of primary amides is 1. The molecule has 23 nitrogen and oxygen atoms in total. The topological polar surface area (TPSA) is 386 Å². The summed E-state index contributed by atoms with van der Waals surface area (Å²) in [5.41, 5.74) is 22.8. The molecule has 0 aliphatic carbocycles. The van der Waals surface area contributed by atoms with E-state index >= 15 is 0 Å². The Labute approximate surface area is 359 Å². The Bertz CT molecular complexity index is 1870. The average molecular weight is 872 g/mol. The Morgan fingerprint density at radius 2 is 1.39 bits per heavy atom. The minimum atomic E-state index is -1.49. The number of aliphatic carboxylic acids is 1. The van der Waals surface area contributed by atoms with Crippen molar-refractivity contribution in [3.63, 3.8) is 0 Å². The molecule has 0 saturated carbocycles. The second-order valence-corrected chi connectivity index (χ2v) is 15.3. The van der Waals surface area contributed by atoms with Crippen LogP contribution in [0.2, 0.25) is 0 Å². The molecule has 0 radical (unpaired) electrons. The van der Waals surface area contributed by atoms with E-state index in [1.165, 1.54) is 43.8 Å². The number of guanidine groups is 1. The number of hydrogen-bond donors (Lipinski definition) is 12. The van der Waals surface area contributed by atoms with Gasteiger partial charge in [-0.1, -0.05) is 46.2 Å². The first-order valence-corrected chi connectivity index (χ1v) is 20.0. The quantitative estimate of drug-likeness (QED) is 0.0252. The number of carboxylic acid groups (broad SMARTS) is 1. The number of aromatic nitrogens is 2. The average Bonchev–Trinajstić information content (AvgIpc) is 3.71. The van der Waals surface area contributed by atoms with Crippen LogP contribution < -0.4 is 49.5 Å². The number of aliphatic imine (C=N–C) groups is 1. The zero-order chi connectivity index (χ0) is 46.7. The van der Waals surface area contributed by atoms with E-state index in [1.807, 2.05) is 0 Å². The van der Waals surface area contributed by atoms with E-state index in [4.69, 9.17) is 28.0 Å². The fourth-order valence-corrected chi connectivity index (χ4v) is 6.07. The third kappa shape index (κ3) is 17.4. The van der Waals surface area contributed by atoms with E-state index in [9.17, 15) is 43.5 Å². The van der Waals surface area contributed by atoms with Gasteiger partial charge in [-0.05, 0) is 42.4 Å². The maximum absolute atomic E-state index is 14.3. The Hall–Kier alpha value is -6.78. The van der Waals surface area contributed by atoms with Crippen LogP contribution in [0.4, 0.5) is 0 Å². The molecule has 0 unspecified atom stereocenters. The molecule has 16 N–H and O–H groups in total. The number of carbonyl (C=O) groups is 8. The molecule has 1 aromatic heterocycles. The summed E-state index contributed by atoms with van der Waals surface area (Å²) in [6.45, 7) is 6.39. The number of amides is 7. The number of carboxylic acids is 1. The van der Waals surface area contributed by atoms with Crippen LogP contribution >= 0.6 is 0 Å². The van der Waals surface area contributed by atoms with Gasteiger partial charge in [0.15, 0.2) is 5.96 Å². The number of likely N-dealkylation sites (N-methyl/N-ethyl adjacent to an activating group) is 1. The van der Waals surface area contributed by atoms with Gasteiger partial charge < -0.3 is 69.6 Å². The minimum absolute atomic E-state index is 0.0404. The van der Waals surface area contributed by atoms with E-state index in [0.29, 0.717) is 17.7 Å². The molecule has 23 heteroatoms. The van der Waals surface area contributed by atoms with E-state index in [0.717, 1.165) is 4.90 Å². The van der Waals surface area contributed by atoms with Crippen molar-refractivity contribution in [3.05, 3.63) is 48.0 Å². The molecule has 62 heavy (non-hydrogen) atoms. The number of benzene rings is 1. The van der Waals surface area contributed by atoms with Crippen LogP contribution in [0.1, 0.15) is 64.6 Å². The Morgan fingerprint density at radius 3 is 1.94 bits per heavy atom. The fraction of sp³-hybridized carbons (Fsp3) is 0.538. The number of hydrogen-bond acceptors (Lipinski definition) is 12. The van der Waals surface area contributed by atoms with Crippen molar-refractivity contribution in [2.75, 3.05) is 20.1 Å². The third-order valence-electron chi connectivity index (χ3n) is 9.72. The van der Waals surface area contributed by atoms with Crippen LogP contribution in [0.15, 0.2) is 41.8 Å². The lowest BCUT2D eigenvalue weighted by Gasteiger charge is -2.30. The van der Waals surface area contributed by atoms with Gasteiger partial charge in [-0.2, -0.15) is 0 Å². The molecule has 1 aromatic carbocycles. The molecule has 1 heterocycles. The summed E-state index contributed by atoms with van der Waals surface area (Å²) in [5, 5.41) is 32.1. The van der Waals surface area contributed by atoms with Gasteiger partial charge in [0.25, 0.3) is 0 Å². The van der Waals surface area contributed by atoms with Crippen LogP contribution in [0, 0.1) is 11.8 Å². The lowest BCUT2D eigenvalue weighted by molar-refractivity contribution is -0.140. The third-order valence-corrected chi connectivity index (χ3v) is 9.72. The highest BCUT2D eigenvalue weighted by Crippen LogP contribution is 2.15. The maximum atomic E-state index is 14.3. The Morgan fingerprint density at radius 1 is 0.806 bits per heavy atom. The van der Waals surface area contributed by atoms with Gasteiger partial charge in [0.2, 0.25) is 41.4 Å². The number of carbonyl (C=O) groups excluding carboxylic acids is 7. The number of phenols is 1. The number of nitrogens with one attached hydrogen (secondary N) is 6. The van der Waals surface area contributed by atoms with E-state index in [2.05, 4.69) is 41.5 Å². The molecule has 2 rings (SSSR count). The summed E-state index contributed by atoms with van der Waals surface area (Å²) >= 11 is 0. The molecule has 2 aromatic rings. The molecule has 7 atom stereocenters. The summed E-state index contributed by atoms with van der Waals surface area (Å²) in [6, 6.07) is -2.12. The second-order valence-electron chi connectivity index (χ2n) is 15.3. The number of rotatable bonds is 26. The maximum Gasteiger partial charge on any atom is 0.305 e. The molecule has 0 spiro atoms. The lowest BCUT2D eigenvalue weighted by atomic mass is 9.96. The monoisotopic (exact) mass is 871 g/mol. The molecule has 0 aliphatic heterocycles. The summed E-state index contributed by atoms with van der Waals surface area (Å²) in [6.07, 6.45) is 2.48. The summed E-state index contributed by atoms with van der Waals surface area (Å²) in [5.74, 6) is -8.24. The normalized spacial score (nSPS) is 14.4. The van der Waals surface area contributed by atoms with Gasteiger partial charge in [0.05, 0.1) is 25.3 Å². The molecule has 0 bridgehead atoms. The number of nitrogens with two attached hydrogens (primary N) is 4. The number of phenolic OH excluding ortho intramolecular Hbond substituents is 1. The van der Waals surface area contributed by atoms with Crippen molar-refractivity contribution < 1.29 is 48.6 Å². The summed E-state index contributed by atoms with van der Waals surface area (Å²) in [7, 11) is 1.35. The van der Waals surface area contributed by atoms with E-state index in [1.54, 1.807) is 27.7 Å². The first-order valence-electron chi connectivity index (χ1n) is 20.0. The van der Waals surface area contributed by atoms with Gasteiger partial charge in [0, 0.05) is 38.3 Å². The number of aromatic hydroxyl groups is 1. The summed E-state index contributed by atoms with van der Waals surface area (Å²) < 4.78 is 0. The molecule has 342 valence electrons. The minimum Gasteiger partial charge on any atom is -0.508 e. The van der Waals surface area contributed by atoms with Crippen LogP contribution in [0.25, 0.3) is 0 Å². The van der Waals surface area contributed by atoms with Gasteiger partial charge >= 0.3 is 5.97 Å². The van der Waals surface area contributed by atoms with Crippen LogP contribution in [0.5, 0.6) is 5.75 Å². The van der Waals surface area contributed by atoms with Crippen molar-refractivity contribution in [1.29, 1.82) is 0 Å². The molecule has 0 fully saturated rings. The van der Waals surface area contributed by atoms with Gasteiger partial charge in [-0.25, -0.2) is 4.98 Å². The molecule has 0 saturated heterocycles. The second kappa shape index (κ2) is 25.1. The predicted octanol–water partition coefficient (Wildman–Crippen LogP) is -3.17. The highest BCUT2D eigenvalue weighted by atomic mass is 16.4. The van der Waals surface area contributed by atoms with Crippen molar-refractivity contribution in [2.24, 2.45) is 39.8 Å². The molecule has 7 amide bonds. The van der Waals surface area contributed by atoms with Crippen molar-refractivity contribution in [2.45, 2.75) is 102 Å². The standard InChI is InChI=1S/C39H61N13O10/c1-6-21(4)32(37(61)49-28(15-23-17-44-19-46-23)38(62)52(5)18-29(41)54)51-35(59)27(14-22-9-11-24(53)12-10-22)48-36(60)31(20(2)3)50-34(58)26(8-7-13-45-39(42)43)47-33(57)25(40)16-30(55)56/h9-12,17,19-21,25-28,31-32,53H,6-8,13-16,18,40H2,1-5H3,(H2,41,54)(H,44,46)(H,47,57)(H,48,60)(H,49,61)(H,50,58)(H,51,59)(H,55,56)(H4,42,43,45)/t21-,25-,26-,27-,28-,31-,32-/m0/s1. The largest absolute Gasteiger partial charge is 0.508 e. The van der Waals surface area contributed by atoms with E-state index < -0.39 is 108 Å². The first kappa shape index (κ1) is 51.4. The first-order chi connectivity index (χ1) is 29.1. The zero-order valence-corrected chi connectivity index (χ0v) is 35.6. The Kier molecular flexibility index (Phi) is 20.8. The van der Waals surface area contributed by atoms with E-state index in [-0.39, 0.29) is 43.9 Å². The number of imidazole rings is 1. The van der Waals surface area contributed by atoms with Crippen molar-refractivity contribution >= 4 is 53.3 Å². The summed E-state index contributed by atoms with van der Waals surface area (Å²) in [4.78, 5) is 117. The van der Waals surface area contributed by atoms with Crippen LogP contribution in [-0.2, 0) is 51.2 Å². The SMILES string of the molecule is CC[C@H](C)[C@H](NC(=O)[C@H](Cc1ccc(O)cc1)NC(=O)[C@@H](NC(=O)[C@H](CCCN=C(N)N)NC(=O)[C@@H](N)CC(=O)O)C(C)C)C(=O)N[C@@H](Cc1cnc[nH]1)C(=O)N(C)CC(N)=O. The number of H-pyrrole nitrogens is 1. The van der Waals surface area contributed by atoms with Crippen molar-refractivity contribution in [3.8, 4) is 5.75 Å². The number of nitrogens with zero attached hydrogens (tertiary/aromatic N) is 3. The molecule has 0 aliphatic rings. The molecular formula is C39H61N13O10. The fourth-order valence-electron chi connectivity index (χ4n) is 6.07. The number of aromatic amines is 1. The van der Waals surface area contributed by atoms with Crippen LogP contribution in [-0.4, -0.2) is 135 Å². The van der Waals surface area contributed by atoms with Gasteiger partial charge in [0.1, 0.15) is 36.0 Å². The predicted molar refractivity (Wildman–Crippen MR) is 225 cm³/mol. The van der Waals surface area contributed by atoms with Crippen LogP contribution in [0.3, 0.4) is 0 Å². The lowest BCUT2D eigenvalue weighted by Crippen LogP contribution is -2.61. The van der Waals surface area contributed by atoms with Gasteiger partial charge in [-0.3, -0.25) is 43.3 Å².